The van der Waals surface area contributed by atoms with Crippen molar-refractivity contribution in [3.63, 3.8) is 0 Å². The van der Waals surface area contributed by atoms with Gasteiger partial charge >= 0.3 is 0 Å². The first-order valence-electron chi connectivity index (χ1n) is 9.88. The number of thiophene rings is 1. The van der Waals surface area contributed by atoms with Gasteiger partial charge in [-0.05, 0) is 48.2 Å². The number of methoxy groups -OCH3 is 1. The van der Waals surface area contributed by atoms with Gasteiger partial charge in [-0.25, -0.2) is 0 Å². The van der Waals surface area contributed by atoms with Gasteiger partial charge in [0.2, 0.25) is 0 Å². The summed E-state index contributed by atoms with van der Waals surface area (Å²) in [5.41, 5.74) is 2.18. The molecule has 1 aliphatic rings. The van der Waals surface area contributed by atoms with E-state index in [-0.39, 0.29) is 24.1 Å². The van der Waals surface area contributed by atoms with Crippen molar-refractivity contribution >= 4 is 34.4 Å². The number of nitrogens with one attached hydrogen (secondary N) is 1. The summed E-state index contributed by atoms with van der Waals surface area (Å²) >= 11 is 1.43. The summed E-state index contributed by atoms with van der Waals surface area (Å²) in [4.78, 5) is 28.6. The molecule has 31 heavy (non-hydrogen) atoms. The second-order valence-electron chi connectivity index (χ2n) is 6.86. The summed E-state index contributed by atoms with van der Waals surface area (Å²) in [7, 11) is 1.60. The molecule has 6 nitrogen and oxygen atoms in total. The summed E-state index contributed by atoms with van der Waals surface area (Å²) in [6, 6.07) is 18.4. The molecule has 3 aromatic rings. The highest BCUT2D eigenvalue weighted by molar-refractivity contribution is 7.11. The third kappa shape index (κ3) is 4.32. The van der Waals surface area contributed by atoms with Crippen molar-refractivity contribution in [3.05, 3.63) is 82.2 Å². The van der Waals surface area contributed by atoms with E-state index >= 15 is 0 Å². The zero-order chi connectivity index (χ0) is 21.8. The average Bonchev–Trinajstić information content (AvgIpc) is 3.38. The third-order valence-electron chi connectivity index (χ3n) is 4.85. The highest BCUT2D eigenvalue weighted by atomic mass is 32.1. The Bertz CT molecular complexity index is 1120. The van der Waals surface area contributed by atoms with E-state index in [0.717, 1.165) is 16.2 Å². The molecular formula is C24H22N2O4S. The Hall–Kier alpha value is -3.58. The lowest BCUT2D eigenvalue weighted by Gasteiger charge is -2.16. The summed E-state index contributed by atoms with van der Waals surface area (Å²) in [5.74, 6) is 0.743. The molecule has 1 N–H and O–H groups in total. The van der Waals surface area contributed by atoms with Crippen molar-refractivity contribution in [2.24, 2.45) is 0 Å². The number of hydrogen-bond donors (Lipinski definition) is 1. The molecule has 0 saturated carbocycles. The molecule has 2 amide bonds. The Balaban J connectivity index is 1.65. The van der Waals surface area contributed by atoms with Gasteiger partial charge in [0.05, 0.1) is 25.8 Å². The monoisotopic (exact) mass is 434 g/mol. The molecule has 2 heterocycles. The number of benzene rings is 2. The number of imide groups is 1. The fourth-order valence-corrected chi connectivity index (χ4v) is 4.14. The van der Waals surface area contributed by atoms with Gasteiger partial charge in [0, 0.05) is 16.6 Å². The molecule has 1 aliphatic heterocycles. The second-order valence-corrected chi connectivity index (χ2v) is 7.81. The Kier molecular flexibility index (Phi) is 6.04. The van der Waals surface area contributed by atoms with E-state index in [2.05, 4.69) is 5.32 Å². The molecule has 0 unspecified atom stereocenters. The minimum atomic E-state index is -0.356. The lowest BCUT2D eigenvalue weighted by molar-refractivity contribution is -0.137. The van der Waals surface area contributed by atoms with E-state index in [4.69, 9.17) is 9.47 Å². The van der Waals surface area contributed by atoms with Crippen LogP contribution in [0, 0.1) is 0 Å². The molecule has 0 radical (unpaired) electrons. The van der Waals surface area contributed by atoms with Crippen LogP contribution in [0.25, 0.3) is 5.57 Å². The molecule has 4 rings (SSSR count). The van der Waals surface area contributed by atoms with E-state index in [1.165, 1.54) is 16.2 Å². The van der Waals surface area contributed by atoms with Crippen LogP contribution >= 0.6 is 11.3 Å². The Morgan fingerprint density at radius 1 is 0.968 bits per heavy atom. The molecule has 0 spiro atoms. The SMILES string of the molecule is CCOc1cccc(NC2=C(c3cccs3)C(=O)N(Cc3ccc(OC)cc3)C2=O)c1. The summed E-state index contributed by atoms with van der Waals surface area (Å²) < 4.78 is 10.7. The minimum Gasteiger partial charge on any atom is -0.497 e. The number of nitrogens with zero attached hydrogens (tertiary/aromatic N) is 1. The predicted molar refractivity (Wildman–Crippen MR) is 121 cm³/mol. The quantitative estimate of drug-likeness (QED) is 0.527. The molecule has 1 aromatic heterocycles. The molecule has 0 bridgehead atoms. The van der Waals surface area contributed by atoms with E-state index in [1.807, 2.05) is 73.0 Å². The molecule has 0 atom stereocenters. The van der Waals surface area contributed by atoms with Gasteiger partial charge in [-0.3, -0.25) is 14.5 Å². The van der Waals surface area contributed by atoms with Crippen LogP contribution in [0.4, 0.5) is 5.69 Å². The molecule has 0 saturated heterocycles. The Labute approximate surface area is 184 Å². The van der Waals surface area contributed by atoms with Crippen molar-refractivity contribution in [3.8, 4) is 11.5 Å². The van der Waals surface area contributed by atoms with Gasteiger partial charge in [0.25, 0.3) is 11.8 Å². The summed E-state index contributed by atoms with van der Waals surface area (Å²) in [6.45, 7) is 2.63. The van der Waals surface area contributed by atoms with E-state index in [1.54, 1.807) is 7.11 Å². The van der Waals surface area contributed by atoms with Crippen molar-refractivity contribution in [1.29, 1.82) is 0 Å². The standard InChI is InChI=1S/C24H22N2O4S/c1-3-30-19-7-4-6-17(14-19)25-22-21(20-8-5-13-31-20)23(27)26(24(22)28)15-16-9-11-18(29-2)12-10-16/h4-14,25H,3,15H2,1-2H3. The van der Waals surface area contributed by atoms with Gasteiger partial charge in [-0.15, -0.1) is 11.3 Å². The van der Waals surface area contributed by atoms with Crippen LogP contribution in [0.3, 0.4) is 0 Å². The van der Waals surface area contributed by atoms with E-state index in [0.29, 0.717) is 23.6 Å². The first kappa shape index (κ1) is 20.7. The van der Waals surface area contributed by atoms with E-state index < -0.39 is 0 Å². The van der Waals surface area contributed by atoms with Crippen LogP contribution < -0.4 is 14.8 Å². The first-order valence-corrected chi connectivity index (χ1v) is 10.8. The maximum absolute atomic E-state index is 13.3. The summed E-state index contributed by atoms with van der Waals surface area (Å²) in [6.07, 6.45) is 0. The maximum Gasteiger partial charge on any atom is 0.278 e. The smallest absolute Gasteiger partial charge is 0.278 e. The normalized spacial score (nSPS) is 13.7. The van der Waals surface area contributed by atoms with Crippen LogP contribution in [-0.2, 0) is 16.1 Å². The zero-order valence-corrected chi connectivity index (χ0v) is 18.1. The van der Waals surface area contributed by atoms with Crippen LogP contribution in [0.15, 0.2) is 71.7 Å². The van der Waals surface area contributed by atoms with Crippen LogP contribution in [0.5, 0.6) is 11.5 Å². The second kappa shape index (κ2) is 9.06. The Morgan fingerprint density at radius 2 is 1.77 bits per heavy atom. The number of hydrogen-bond acceptors (Lipinski definition) is 6. The predicted octanol–water partition coefficient (Wildman–Crippen LogP) is 4.55. The number of carbonyl (C=O) groups excluding carboxylic acids is 2. The van der Waals surface area contributed by atoms with Crippen LogP contribution in [0.2, 0.25) is 0 Å². The van der Waals surface area contributed by atoms with Gasteiger partial charge < -0.3 is 14.8 Å². The molecule has 2 aromatic carbocycles. The van der Waals surface area contributed by atoms with Gasteiger partial charge in [-0.2, -0.15) is 0 Å². The lowest BCUT2D eigenvalue weighted by atomic mass is 10.1. The topological polar surface area (TPSA) is 67.9 Å². The average molecular weight is 435 g/mol. The molecule has 7 heteroatoms. The van der Waals surface area contributed by atoms with Crippen LogP contribution in [0.1, 0.15) is 17.4 Å². The number of amides is 2. The first-order chi connectivity index (χ1) is 15.1. The Morgan fingerprint density at radius 3 is 2.45 bits per heavy atom. The van der Waals surface area contributed by atoms with Crippen molar-refractivity contribution in [2.75, 3.05) is 19.0 Å². The zero-order valence-electron chi connectivity index (χ0n) is 17.3. The lowest BCUT2D eigenvalue weighted by Crippen LogP contribution is -2.31. The summed E-state index contributed by atoms with van der Waals surface area (Å²) in [5, 5.41) is 5.05. The van der Waals surface area contributed by atoms with Gasteiger partial charge in [0.15, 0.2) is 0 Å². The number of ether oxygens (including phenoxy) is 2. The fourth-order valence-electron chi connectivity index (χ4n) is 3.37. The van der Waals surface area contributed by atoms with Gasteiger partial charge in [0.1, 0.15) is 17.2 Å². The molecular weight excluding hydrogens is 412 g/mol. The highest BCUT2D eigenvalue weighted by Crippen LogP contribution is 2.34. The highest BCUT2D eigenvalue weighted by Gasteiger charge is 2.39. The number of rotatable bonds is 8. The molecule has 158 valence electrons. The van der Waals surface area contributed by atoms with Crippen LogP contribution in [-0.4, -0.2) is 30.4 Å². The maximum atomic E-state index is 13.3. The van der Waals surface area contributed by atoms with Crippen molar-refractivity contribution < 1.29 is 19.1 Å². The van der Waals surface area contributed by atoms with Gasteiger partial charge in [-0.1, -0.05) is 24.3 Å². The number of carbonyl (C=O) groups is 2. The van der Waals surface area contributed by atoms with Crippen molar-refractivity contribution in [1.82, 2.24) is 4.90 Å². The number of anilines is 1. The fraction of sp³-hybridized carbons (Fsp3) is 0.167. The largest absolute Gasteiger partial charge is 0.497 e. The van der Waals surface area contributed by atoms with E-state index in [9.17, 15) is 9.59 Å². The molecule has 0 aliphatic carbocycles. The van der Waals surface area contributed by atoms with Crippen molar-refractivity contribution in [2.45, 2.75) is 13.5 Å². The minimum absolute atomic E-state index is 0.181. The third-order valence-corrected chi connectivity index (χ3v) is 5.74. The molecule has 0 fully saturated rings.